The van der Waals surface area contributed by atoms with Gasteiger partial charge in [0.15, 0.2) is 11.5 Å². The van der Waals surface area contributed by atoms with Crippen LogP contribution in [0.5, 0.6) is 11.5 Å². The van der Waals surface area contributed by atoms with E-state index in [1.165, 1.54) is 6.07 Å². The van der Waals surface area contributed by atoms with Gasteiger partial charge in [0.2, 0.25) is 5.91 Å². The molecular weight excluding hydrogens is 284 g/mol. The number of carbonyl (C=O) groups is 2. The zero-order valence-electron chi connectivity index (χ0n) is 11.7. The summed E-state index contributed by atoms with van der Waals surface area (Å²) in [6.07, 6.45) is 0. The molecule has 1 aliphatic rings. The van der Waals surface area contributed by atoms with Gasteiger partial charge in [-0.1, -0.05) is 6.07 Å². The Morgan fingerprint density at radius 1 is 0.955 bits per heavy atom. The Kier molecular flexibility index (Phi) is 3.65. The van der Waals surface area contributed by atoms with Gasteiger partial charge >= 0.3 is 0 Å². The van der Waals surface area contributed by atoms with Crippen molar-refractivity contribution < 1.29 is 19.1 Å². The molecule has 0 unspecified atom stereocenters. The lowest BCUT2D eigenvalue weighted by atomic mass is 10.1. The van der Waals surface area contributed by atoms with Crippen LogP contribution in [0, 0.1) is 0 Å². The highest BCUT2D eigenvalue weighted by molar-refractivity contribution is 6.05. The third kappa shape index (κ3) is 2.85. The molecule has 0 radical (unpaired) electrons. The van der Waals surface area contributed by atoms with Gasteiger partial charge in [0.05, 0.1) is 0 Å². The van der Waals surface area contributed by atoms with E-state index in [9.17, 15) is 9.59 Å². The lowest BCUT2D eigenvalue weighted by Crippen LogP contribution is -2.17. The van der Waals surface area contributed by atoms with Crippen LogP contribution in [0.2, 0.25) is 0 Å². The first kappa shape index (κ1) is 13.9. The summed E-state index contributed by atoms with van der Waals surface area (Å²) in [6, 6.07) is 11.4. The molecule has 3 N–H and O–H groups in total. The van der Waals surface area contributed by atoms with Crippen LogP contribution >= 0.6 is 0 Å². The number of nitrogens with two attached hydrogens (primary N) is 1. The van der Waals surface area contributed by atoms with E-state index in [1.54, 1.807) is 36.4 Å². The van der Waals surface area contributed by atoms with Crippen LogP contribution in [0.1, 0.15) is 20.7 Å². The minimum absolute atomic E-state index is 0.307. The first-order valence-electron chi connectivity index (χ1n) is 6.74. The summed E-state index contributed by atoms with van der Waals surface area (Å²) in [5.74, 6) is 0.317. The second kappa shape index (κ2) is 5.77. The summed E-state index contributed by atoms with van der Waals surface area (Å²) >= 11 is 0. The predicted molar refractivity (Wildman–Crippen MR) is 80.3 cm³/mol. The third-order valence-electron chi connectivity index (χ3n) is 3.21. The molecule has 3 rings (SSSR count). The fourth-order valence-corrected chi connectivity index (χ4v) is 2.14. The summed E-state index contributed by atoms with van der Waals surface area (Å²) in [5.41, 5.74) is 6.49. The van der Waals surface area contributed by atoms with Crippen LogP contribution in [0.4, 0.5) is 5.69 Å². The smallest absolute Gasteiger partial charge is 0.255 e. The molecule has 0 saturated carbocycles. The minimum Gasteiger partial charge on any atom is -0.486 e. The highest BCUT2D eigenvalue weighted by Crippen LogP contribution is 2.30. The lowest BCUT2D eigenvalue weighted by molar-refractivity contribution is 0.0996. The molecule has 22 heavy (non-hydrogen) atoms. The normalized spacial score (nSPS) is 12.5. The van der Waals surface area contributed by atoms with Crippen molar-refractivity contribution in [1.29, 1.82) is 0 Å². The van der Waals surface area contributed by atoms with Gasteiger partial charge in [-0.05, 0) is 36.4 Å². The first-order valence-corrected chi connectivity index (χ1v) is 6.74. The van der Waals surface area contributed by atoms with Crippen molar-refractivity contribution in [3.05, 3.63) is 53.6 Å². The van der Waals surface area contributed by atoms with Crippen molar-refractivity contribution in [2.45, 2.75) is 0 Å². The summed E-state index contributed by atoms with van der Waals surface area (Å²) in [6.45, 7) is 0.956. The summed E-state index contributed by atoms with van der Waals surface area (Å²) in [4.78, 5) is 23.4. The molecule has 0 bridgehead atoms. The number of fused-ring (bicyclic) bond motifs is 1. The fourth-order valence-electron chi connectivity index (χ4n) is 2.14. The number of amides is 2. The zero-order chi connectivity index (χ0) is 15.5. The Bertz CT molecular complexity index is 743. The van der Waals surface area contributed by atoms with Crippen molar-refractivity contribution in [2.24, 2.45) is 5.73 Å². The van der Waals surface area contributed by atoms with Crippen molar-refractivity contribution in [3.63, 3.8) is 0 Å². The molecule has 1 aliphatic heterocycles. The van der Waals surface area contributed by atoms with Gasteiger partial charge in [-0.2, -0.15) is 0 Å². The SMILES string of the molecule is NC(=O)c1cccc(NC(=O)c2ccc3c(c2)OCCO3)c1. The maximum atomic E-state index is 12.3. The number of ether oxygens (including phenoxy) is 2. The Hall–Kier alpha value is -3.02. The Labute approximate surface area is 126 Å². The highest BCUT2D eigenvalue weighted by Gasteiger charge is 2.15. The molecule has 6 nitrogen and oxygen atoms in total. The van der Waals surface area contributed by atoms with Crippen molar-refractivity contribution >= 4 is 17.5 Å². The van der Waals surface area contributed by atoms with E-state index in [0.717, 1.165) is 0 Å². The molecule has 6 heteroatoms. The molecule has 112 valence electrons. The second-order valence-corrected chi connectivity index (χ2v) is 4.76. The van der Waals surface area contributed by atoms with Gasteiger partial charge in [0.1, 0.15) is 13.2 Å². The van der Waals surface area contributed by atoms with Crippen molar-refractivity contribution in [2.75, 3.05) is 18.5 Å². The largest absolute Gasteiger partial charge is 0.486 e. The number of rotatable bonds is 3. The van der Waals surface area contributed by atoms with Crippen molar-refractivity contribution in [3.8, 4) is 11.5 Å². The van der Waals surface area contributed by atoms with Gasteiger partial charge in [0, 0.05) is 16.8 Å². The van der Waals surface area contributed by atoms with Crippen LogP contribution in [0.15, 0.2) is 42.5 Å². The molecule has 1 heterocycles. The van der Waals surface area contributed by atoms with E-state index in [4.69, 9.17) is 15.2 Å². The van der Waals surface area contributed by atoms with E-state index in [2.05, 4.69) is 5.32 Å². The molecule has 0 aromatic heterocycles. The molecule has 0 atom stereocenters. The maximum Gasteiger partial charge on any atom is 0.255 e. The number of nitrogens with one attached hydrogen (secondary N) is 1. The number of benzene rings is 2. The molecule has 0 spiro atoms. The van der Waals surface area contributed by atoms with E-state index in [0.29, 0.717) is 41.5 Å². The molecular formula is C16H14N2O4. The van der Waals surface area contributed by atoms with Gasteiger partial charge in [-0.3, -0.25) is 9.59 Å². The quantitative estimate of drug-likeness (QED) is 0.904. The van der Waals surface area contributed by atoms with Crippen LogP contribution in [-0.2, 0) is 0 Å². The lowest BCUT2D eigenvalue weighted by Gasteiger charge is -2.18. The van der Waals surface area contributed by atoms with Crippen LogP contribution < -0.4 is 20.5 Å². The van der Waals surface area contributed by atoms with Gasteiger partial charge < -0.3 is 20.5 Å². The Morgan fingerprint density at radius 3 is 2.50 bits per heavy atom. The Morgan fingerprint density at radius 2 is 1.73 bits per heavy atom. The standard InChI is InChI=1S/C16H14N2O4/c17-15(19)10-2-1-3-12(8-10)18-16(20)11-4-5-13-14(9-11)22-7-6-21-13/h1-5,8-9H,6-7H2,(H2,17,19)(H,18,20). The molecule has 0 saturated heterocycles. The van der Waals surface area contributed by atoms with Gasteiger partial charge in [0.25, 0.3) is 5.91 Å². The highest BCUT2D eigenvalue weighted by atomic mass is 16.6. The average Bonchev–Trinajstić information content (AvgIpc) is 2.54. The second-order valence-electron chi connectivity index (χ2n) is 4.76. The average molecular weight is 298 g/mol. The predicted octanol–water partition coefficient (Wildman–Crippen LogP) is 1.81. The van der Waals surface area contributed by atoms with E-state index >= 15 is 0 Å². The maximum absolute atomic E-state index is 12.3. The van der Waals surface area contributed by atoms with Crippen LogP contribution in [-0.4, -0.2) is 25.0 Å². The van der Waals surface area contributed by atoms with Gasteiger partial charge in [-0.25, -0.2) is 0 Å². The summed E-state index contributed by atoms with van der Waals surface area (Å²) < 4.78 is 10.9. The van der Waals surface area contributed by atoms with Crippen LogP contribution in [0.3, 0.4) is 0 Å². The molecule has 2 aromatic carbocycles. The number of hydrogen-bond acceptors (Lipinski definition) is 4. The van der Waals surface area contributed by atoms with E-state index < -0.39 is 5.91 Å². The fraction of sp³-hybridized carbons (Fsp3) is 0.125. The minimum atomic E-state index is -0.546. The summed E-state index contributed by atoms with van der Waals surface area (Å²) in [7, 11) is 0. The zero-order valence-corrected chi connectivity index (χ0v) is 11.7. The molecule has 2 aromatic rings. The topological polar surface area (TPSA) is 90.7 Å². The monoisotopic (exact) mass is 298 g/mol. The van der Waals surface area contributed by atoms with E-state index in [1.807, 2.05) is 0 Å². The Balaban J connectivity index is 1.80. The van der Waals surface area contributed by atoms with Gasteiger partial charge in [-0.15, -0.1) is 0 Å². The van der Waals surface area contributed by atoms with Crippen LogP contribution in [0.25, 0.3) is 0 Å². The number of primary amides is 1. The number of carbonyl (C=O) groups excluding carboxylic acids is 2. The van der Waals surface area contributed by atoms with E-state index in [-0.39, 0.29) is 5.91 Å². The number of hydrogen-bond donors (Lipinski definition) is 2. The third-order valence-corrected chi connectivity index (χ3v) is 3.21. The first-order chi connectivity index (χ1) is 10.6. The molecule has 0 fully saturated rings. The molecule has 2 amide bonds. The molecule has 0 aliphatic carbocycles. The number of anilines is 1. The summed E-state index contributed by atoms with van der Waals surface area (Å²) in [5, 5.41) is 2.72. The van der Waals surface area contributed by atoms with Crippen molar-refractivity contribution in [1.82, 2.24) is 0 Å².